The first-order valence-corrected chi connectivity index (χ1v) is 4.63. The van der Waals surface area contributed by atoms with Crippen molar-refractivity contribution in [1.82, 2.24) is 10.6 Å². The van der Waals surface area contributed by atoms with Crippen molar-refractivity contribution in [3.63, 3.8) is 0 Å². The molecule has 2 fully saturated rings. The second-order valence-corrected chi connectivity index (χ2v) is 4.23. The highest BCUT2D eigenvalue weighted by Crippen LogP contribution is 2.66. The number of amides is 4. The topological polar surface area (TPSA) is 75.3 Å². The van der Waals surface area contributed by atoms with E-state index in [4.69, 9.17) is 0 Å². The largest absolute Gasteiger partial charge is 0.328 e. The summed E-state index contributed by atoms with van der Waals surface area (Å²) in [5, 5.41) is 4.28. The molecule has 0 bridgehead atoms. The van der Waals surface area contributed by atoms with Crippen LogP contribution in [0.4, 0.5) is 4.79 Å². The van der Waals surface area contributed by atoms with Crippen molar-refractivity contribution < 1.29 is 14.4 Å². The van der Waals surface area contributed by atoms with Gasteiger partial charge in [0.2, 0.25) is 11.8 Å². The maximum atomic E-state index is 11.6. The van der Waals surface area contributed by atoms with Crippen molar-refractivity contribution in [1.29, 1.82) is 0 Å². The number of imide groups is 2. The first-order valence-electron chi connectivity index (χ1n) is 4.63. The van der Waals surface area contributed by atoms with Crippen molar-refractivity contribution in [2.45, 2.75) is 26.7 Å². The third kappa shape index (κ3) is 0.818. The fourth-order valence-electron chi connectivity index (χ4n) is 2.23. The molecule has 1 aliphatic carbocycles. The van der Waals surface area contributed by atoms with E-state index in [-0.39, 0.29) is 5.41 Å². The number of urea groups is 1. The van der Waals surface area contributed by atoms with Gasteiger partial charge in [-0.25, -0.2) is 4.79 Å². The normalized spacial score (nSPS) is 34.0. The molecule has 76 valence electrons. The molecule has 1 spiro atoms. The Balaban J connectivity index is 2.34. The van der Waals surface area contributed by atoms with Gasteiger partial charge >= 0.3 is 6.03 Å². The lowest BCUT2D eigenvalue weighted by molar-refractivity contribution is -0.139. The average Bonchev–Trinajstić information content (AvgIpc) is 2.72. The van der Waals surface area contributed by atoms with Crippen LogP contribution in [-0.4, -0.2) is 17.8 Å². The summed E-state index contributed by atoms with van der Waals surface area (Å²) in [6.45, 7) is 3.83. The molecule has 0 radical (unpaired) electrons. The third-order valence-electron chi connectivity index (χ3n) is 3.57. The van der Waals surface area contributed by atoms with Crippen molar-refractivity contribution in [3.05, 3.63) is 0 Å². The molecule has 0 aromatic rings. The smallest absolute Gasteiger partial charge is 0.277 e. The number of hydrogen-bond acceptors (Lipinski definition) is 3. The van der Waals surface area contributed by atoms with Gasteiger partial charge in [-0.05, 0) is 18.3 Å². The van der Waals surface area contributed by atoms with Gasteiger partial charge in [0.15, 0.2) is 0 Å². The van der Waals surface area contributed by atoms with Gasteiger partial charge in [-0.1, -0.05) is 13.8 Å². The maximum Gasteiger partial charge on any atom is 0.328 e. The van der Waals surface area contributed by atoms with E-state index in [9.17, 15) is 14.4 Å². The van der Waals surface area contributed by atoms with Crippen LogP contribution >= 0.6 is 0 Å². The molecule has 1 saturated heterocycles. The summed E-state index contributed by atoms with van der Waals surface area (Å²) >= 11 is 0. The van der Waals surface area contributed by atoms with E-state index in [1.807, 2.05) is 13.8 Å². The summed E-state index contributed by atoms with van der Waals surface area (Å²) in [6, 6.07) is -0.712. The number of barbiturate groups is 1. The Hall–Kier alpha value is -1.39. The number of hydrogen-bond donors (Lipinski definition) is 2. The van der Waals surface area contributed by atoms with Crippen LogP contribution < -0.4 is 10.6 Å². The molecule has 2 rings (SSSR count). The zero-order valence-electron chi connectivity index (χ0n) is 8.14. The molecule has 0 aromatic carbocycles. The Morgan fingerprint density at radius 1 is 1.21 bits per heavy atom. The second kappa shape index (κ2) is 2.34. The highest BCUT2D eigenvalue weighted by atomic mass is 16.2. The van der Waals surface area contributed by atoms with E-state index < -0.39 is 23.3 Å². The van der Waals surface area contributed by atoms with Crippen LogP contribution in [0.2, 0.25) is 0 Å². The molecular weight excluding hydrogens is 184 g/mol. The Bertz CT molecular complexity index is 330. The molecule has 5 heteroatoms. The predicted molar refractivity (Wildman–Crippen MR) is 47.1 cm³/mol. The molecule has 14 heavy (non-hydrogen) atoms. The van der Waals surface area contributed by atoms with Crippen LogP contribution in [0.3, 0.4) is 0 Å². The van der Waals surface area contributed by atoms with Crippen LogP contribution in [0.25, 0.3) is 0 Å². The molecule has 1 heterocycles. The fraction of sp³-hybridized carbons (Fsp3) is 0.667. The van der Waals surface area contributed by atoms with E-state index in [0.29, 0.717) is 6.42 Å². The van der Waals surface area contributed by atoms with Crippen LogP contribution in [0.15, 0.2) is 0 Å². The Labute approximate surface area is 81.2 Å². The molecule has 0 aromatic heterocycles. The van der Waals surface area contributed by atoms with Gasteiger partial charge in [0.1, 0.15) is 5.41 Å². The fourth-order valence-corrected chi connectivity index (χ4v) is 2.23. The molecule has 4 amide bonds. The lowest BCUT2D eigenvalue weighted by Crippen LogP contribution is -2.58. The molecule has 1 aliphatic heterocycles. The van der Waals surface area contributed by atoms with Crippen LogP contribution in [0, 0.1) is 10.8 Å². The third-order valence-corrected chi connectivity index (χ3v) is 3.57. The number of rotatable bonds is 1. The zero-order chi connectivity index (χ0) is 10.6. The van der Waals surface area contributed by atoms with E-state index in [1.54, 1.807) is 0 Å². The number of nitrogens with one attached hydrogen (secondary N) is 2. The number of carbonyl (C=O) groups is 3. The van der Waals surface area contributed by atoms with Gasteiger partial charge in [0.25, 0.3) is 0 Å². The second-order valence-electron chi connectivity index (χ2n) is 4.23. The molecule has 2 N–H and O–H groups in total. The Morgan fingerprint density at radius 2 is 1.71 bits per heavy atom. The summed E-state index contributed by atoms with van der Waals surface area (Å²) in [5.41, 5.74) is -1.28. The highest BCUT2D eigenvalue weighted by Gasteiger charge is 2.74. The lowest BCUT2D eigenvalue weighted by atomic mass is 9.89. The number of carbonyl (C=O) groups excluding carboxylic acids is 3. The summed E-state index contributed by atoms with van der Waals surface area (Å²) in [4.78, 5) is 34.0. The standard InChI is InChI=1S/C9H12N2O3/c1-3-8(2)4-9(8)5(12)10-7(14)11-6(9)13/h3-4H2,1-2H3,(H2,10,11,12,13,14)/t8-/m0/s1. The Morgan fingerprint density at radius 3 is 2.07 bits per heavy atom. The molecule has 1 saturated carbocycles. The van der Waals surface area contributed by atoms with Gasteiger partial charge in [0, 0.05) is 0 Å². The van der Waals surface area contributed by atoms with Gasteiger partial charge < -0.3 is 0 Å². The lowest BCUT2D eigenvalue weighted by Gasteiger charge is -2.24. The van der Waals surface area contributed by atoms with Crippen molar-refractivity contribution in [2.75, 3.05) is 0 Å². The minimum Gasteiger partial charge on any atom is -0.277 e. The summed E-state index contributed by atoms with van der Waals surface area (Å²) in [7, 11) is 0. The Kier molecular flexibility index (Phi) is 1.54. The summed E-state index contributed by atoms with van der Waals surface area (Å²) < 4.78 is 0. The quantitative estimate of drug-likeness (QED) is 0.586. The van der Waals surface area contributed by atoms with E-state index in [2.05, 4.69) is 10.6 Å². The summed E-state index contributed by atoms with van der Waals surface area (Å²) in [6.07, 6.45) is 1.28. The van der Waals surface area contributed by atoms with Crippen LogP contribution in [0.1, 0.15) is 26.7 Å². The predicted octanol–water partition coefficient (Wildman–Crippen LogP) is 0.159. The van der Waals surface area contributed by atoms with E-state index in [1.165, 1.54) is 0 Å². The van der Waals surface area contributed by atoms with E-state index in [0.717, 1.165) is 6.42 Å². The minimum absolute atomic E-state index is 0.290. The van der Waals surface area contributed by atoms with Crippen molar-refractivity contribution in [3.8, 4) is 0 Å². The van der Waals surface area contributed by atoms with Crippen molar-refractivity contribution >= 4 is 17.8 Å². The van der Waals surface area contributed by atoms with Gasteiger partial charge in [0.05, 0.1) is 0 Å². The zero-order valence-corrected chi connectivity index (χ0v) is 8.14. The van der Waals surface area contributed by atoms with Crippen LogP contribution in [-0.2, 0) is 9.59 Å². The molecule has 1 atom stereocenters. The van der Waals surface area contributed by atoms with Gasteiger partial charge in [-0.2, -0.15) is 0 Å². The highest BCUT2D eigenvalue weighted by molar-refractivity contribution is 6.21. The monoisotopic (exact) mass is 196 g/mol. The van der Waals surface area contributed by atoms with E-state index >= 15 is 0 Å². The minimum atomic E-state index is -0.990. The molecule has 0 unspecified atom stereocenters. The molecular formula is C9H12N2O3. The first kappa shape index (κ1) is 9.18. The first-order chi connectivity index (χ1) is 6.46. The average molecular weight is 196 g/mol. The van der Waals surface area contributed by atoms with Gasteiger partial charge in [-0.3, -0.25) is 20.2 Å². The molecule has 5 nitrogen and oxygen atoms in total. The maximum absolute atomic E-state index is 11.6. The summed E-state index contributed by atoms with van der Waals surface area (Å²) in [5.74, 6) is -0.897. The molecule has 2 aliphatic rings. The van der Waals surface area contributed by atoms with Crippen molar-refractivity contribution in [2.24, 2.45) is 10.8 Å². The van der Waals surface area contributed by atoms with Gasteiger partial charge in [-0.15, -0.1) is 0 Å². The van der Waals surface area contributed by atoms with Crippen LogP contribution in [0.5, 0.6) is 0 Å². The SMILES string of the molecule is CC[C@@]1(C)CC12C(=O)NC(=O)NC2=O.